The number of hydrogen-bond acceptors (Lipinski definition) is 5. The fourth-order valence-electron chi connectivity index (χ4n) is 5.37. The third-order valence-corrected chi connectivity index (χ3v) is 7.39. The van der Waals surface area contributed by atoms with Gasteiger partial charge < -0.3 is 14.9 Å². The van der Waals surface area contributed by atoms with E-state index in [9.17, 15) is 4.79 Å². The van der Waals surface area contributed by atoms with Gasteiger partial charge in [-0.25, -0.2) is 0 Å². The highest BCUT2D eigenvalue weighted by molar-refractivity contribution is 5.72. The maximum absolute atomic E-state index is 11.1. The Morgan fingerprint density at radius 3 is 2.57 bits per heavy atom. The van der Waals surface area contributed by atoms with E-state index in [1.165, 1.54) is 22.3 Å². The second-order valence-corrected chi connectivity index (χ2v) is 9.69. The van der Waals surface area contributed by atoms with Gasteiger partial charge in [0.05, 0.1) is 5.92 Å². The molecule has 35 heavy (non-hydrogen) atoms. The first-order valence-electron chi connectivity index (χ1n) is 12.2. The summed E-state index contributed by atoms with van der Waals surface area (Å²) in [7, 11) is 0. The van der Waals surface area contributed by atoms with Crippen LogP contribution < -0.4 is 5.32 Å². The van der Waals surface area contributed by atoms with E-state index in [0.717, 1.165) is 42.4 Å². The largest absolute Gasteiger partial charge is 0.481 e. The lowest BCUT2D eigenvalue weighted by molar-refractivity contribution is -0.145. The lowest BCUT2D eigenvalue weighted by Crippen LogP contribution is -2.45. The number of carbonyl (C=O) groups is 1. The fraction of sp³-hybridized carbons (Fsp3) is 0.276. The highest BCUT2D eigenvalue weighted by atomic mass is 16.5. The number of aromatic nitrogens is 2. The molecule has 0 bridgehead atoms. The van der Waals surface area contributed by atoms with Crippen molar-refractivity contribution in [1.82, 2.24) is 15.5 Å². The molecule has 1 fully saturated rings. The minimum absolute atomic E-state index is 0.193. The van der Waals surface area contributed by atoms with E-state index >= 15 is 0 Å². The lowest BCUT2D eigenvalue weighted by atomic mass is 9.80. The van der Waals surface area contributed by atoms with Crippen molar-refractivity contribution in [2.45, 2.75) is 44.7 Å². The Morgan fingerprint density at radius 2 is 1.80 bits per heavy atom. The normalized spacial score (nSPS) is 20.9. The summed E-state index contributed by atoms with van der Waals surface area (Å²) >= 11 is 0. The third kappa shape index (κ3) is 4.15. The number of carboxylic acids is 1. The van der Waals surface area contributed by atoms with Crippen molar-refractivity contribution in [2.24, 2.45) is 5.92 Å². The zero-order valence-electron chi connectivity index (χ0n) is 19.6. The Hall–Kier alpha value is -3.77. The molecule has 0 amide bonds. The molecule has 1 heterocycles. The molecule has 0 saturated heterocycles. The summed E-state index contributed by atoms with van der Waals surface area (Å²) in [6.07, 6.45) is 3.45. The zero-order chi connectivity index (χ0) is 23.9. The fourth-order valence-corrected chi connectivity index (χ4v) is 5.37. The number of carboxylic acid groups (broad SMARTS) is 1. The van der Waals surface area contributed by atoms with Crippen molar-refractivity contribution >= 4 is 5.97 Å². The summed E-state index contributed by atoms with van der Waals surface area (Å²) < 4.78 is 5.63. The Balaban J connectivity index is 1.18. The van der Waals surface area contributed by atoms with Crippen LogP contribution in [-0.2, 0) is 11.2 Å². The monoisotopic (exact) mass is 465 g/mol. The molecule has 176 valence electrons. The summed E-state index contributed by atoms with van der Waals surface area (Å²) in [5.74, 6) is 0.232. The van der Waals surface area contributed by atoms with Crippen molar-refractivity contribution in [3.63, 3.8) is 0 Å². The van der Waals surface area contributed by atoms with Crippen molar-refractivity contribution in [1.29, 1.82) is 0 Å². The summed E-state index contributed by atoms with van der Waals surface area (Å²) in [6, 6.07) is 23.5. The second-order valence-electron chi connectivity index (χ2n) is 9.69. The summed E-state index contributed by atoms with van der Waals surface area (Å²) in [5, 5.41) is 17.0. The summed E-state index contributed by atoms with van der Waals surface area (Å²) in [4.78, 5) is 15.8. The van der Waals surface area contributed by atoms with Gasteiger partial charge in [-0.3, -0.25) is 4.79 Å². The van der Waals surface area contributed by atoms with Gasteiger partial charge in [0.15, 0.2) is 0 Å². The average molecular weight is 466 g/mol. The predicted octanol–water partition coefficient (Wildman–Crippen LogP) is 5.82. The molecule has 0 spiro atoms. The topological polar surface area (TPSA) is 88.2 Å². The molecule has 1 atom stereocenters. The number of aliphatic carboxylic acids is 1. The molecule has 0 radical (unpaired) electrons. The summed E-state index contributed by atoms with van der Waals surface area (Å²) in [6.45, 7) is 2.10. The van der Waals surface area contributed by atoms with Crippen LogP contribution in [0.3, 0.4) is 0 Å². The van der Waals surface area contributed by atoms with Crippen LogP contribution in [0.25, 0.3) is 34.0 Å². The van der Waals surface area contributed by atoms with E-state index in [-0.39, 0.29) is 12.0 Å². The Labute approximate surface area is 204 Å². The van der Waals surface area contributed by atoms with E-state index in [1.54, 1.807) is 0 Å². The third-order valence-electron chi connectivity index (χ3n) is 7.39. The molecule has 1 aromatic heterocycles. The molecule has 6 rings (SSSR count). The smallest absolute Gasteiger partial charge is 0.306 e. The van der Waals surface area contributed by atoms with E-state index in [4.69, 9.17) is 9.63 Å². The first-order chi connectivity index (χ1) is 17.0. The van der Waals surface area contributed by atoms with E-state index in [1.807, 2.05) is 24.3 Å². The lowest BCUT2D eigenvalue weighted by Gasteiger charge is -2.35. The molecule has 6 nitrogen and oxygen atoms in total. The first kappa shape index (κ1) is 21.7. The predicted molar refractivity (Wildman–Crippen MR) is 134 cm³/mol. The molecule has 0 unspecified atom stereocenters. The van der Waals surface area contributed by atoms with Gasteiger partial charge in [-0.1, -0.05) is 53.7 Å². The highest BCUT2D eigenvalue weighted by Gasteiger charge is 2.36. The van der Waals surface area contributed by atoms with E-state index < -0.39 is 5.97 Å². The Morgan fingerprint density at radius 1 is 1.00 bits per heavy atom. The van der Waals surface area contributed by atoms with Gasteiger partial charge >= 0.3 is 5.97 Å². The molecule has 2 aliphatic carbocycles. The van der Waals surface area contributed by atoms with Crippen LogP contribution in [0.5, 0.6) is 0 Å². The van der Waals surface area contributed by atoms with Gasteiger partial charge in [-0.05, 0) is 78.6 Å². The summed E-state index contributed by atoms with van der Waals surface area (Å²) in [5.41, 5.74) is 7.99. The van der Waals surface area contributed by atoms with Gasteiger partial charge in [-0.2, -0.15) is 4.98 Å². The number of hydrogen-bond donors (Lipinski definition) is 2. The number of nitrogens with one attached hydrogen (secondary N) is 1. The number of nitrogens with zero attached hydrogens (tertiary/aromatic N) is 2. The molecule has 2 N–H and O–H groups in total. The molecular weight excluding hydrogens is 438 g/mol. The van der Waals surface area contributed by atoms with Crippen molar-refractivity contribution in [3.05, 3.63) is 83.4 Å². The Bertz CT molecular complexity index is 1390. The van der Waals surface area contributed by atoms with Crippen LogP contribution >= 0.6 is 0 Å². The SMILES string of the molecule is Cc1cc(-c2nc(-c3ccc4c(c3)CC[C@@H]4NC3CC(C(=O)O)C3)no2)ccc1-c1ccccc1. The van der Waals surface area contributed by atoms with Crippen molar-refractivity contribution < 1.29 is 14.4 Å². The second kappa shape index (κ2) is 8.78. The van der Waals surface area contributed by atoms with Gasteiger partial charge in [0.1, 0.15) is 0 Å². The van der Waals surface area contributed by atoms with Crippen LogP contribution in [0.2, 0.25) is 0 Å². The maximum Gasteiger partial charge on any atom is 0.306 e. The number of aryl methyl sites for hydroxylation is 2. The molecule has 1 saturated carbocycles. The Kier molecular flexibility index (Phi) is 5.46. The minimum atomic E-state index is -0.679. The molecule has 0 aliphatic heterocycles. The zero-order valence-corrected chi connectivity index (χ0v) is 19.6. The molecule has 3 aromatic carbocycles. The van der Waals surface area contributed by atoms with E-state index in [0.29, 0.717) is 17.8 Å². The molecule has 6 heteroatoms. The van der Waals surface area contributed by atoms with E-state index in [2.05, 4.69) is 64.8 Å². The number of benzene rings is 3. The molecule has 2 aliphatic rings. The molecule has 4 aromatic rings. The molecular formula is C29H27N3O3. The van der Waals surface area contributed by atoms with Crippen LogP contribution in [0, 0.1) is 12.8 Å². The minimum Gasteiger partial charge on any atom is -0.481 e. The highest BCUT2D eigenvalue weighted by Crippen LogP contribution is 2.37. The quantitative estimate of drug-likeness (QED) is 0.373. The van der Waals surface area contributed by atoms with Crippen LogP contribution in [0.4, 0.5) is 0 Å². The number of fused-ring (bicyclic) bond motifs is 1. The van der Waals surface area contributed by atoms with Gasteiger partial charge in [0.2, 0.25) is 5.82 Å². The van der Waals surface area contributed by atoms with Crippen molar-refractivity contribution in [2.75, 3.05) is 0 Å². The van der Waals surface area contributed by atoms with Gasteiger partial charge in [-0.15, -0.1) is 0 Å². The van der Waals surface area contributed by atoms with Crippen molar-refractivity contribution in [3.8, 4) is 34.0 Å². The average Bonchev–Trinajstić information content (AvgIpc) is 3.48. The number of rotatable bonds is 6. The van der Waals surface area contributed by atoms with Crippen LogP contribution in [-0.4, -0.2) is 27.3 Å². The van der Waals surface area contributed by atoms with Crippen LogP contribution in [0.15, 0.2) is 71.3 Å². The maximum atomic E-state index is 11.1. The van der Waals surface area contributed by atoms with Crippen LogP contribution in [0.1, 0.15) is 42.0 Å². The van der Waals surface area contributed by atoms with Gasteiger partial charge in [0.25, 0.3) is 5.89 Å². The standard InChI is InChI=1S/C29H27N3O3/c1-17-13-21(8-10-24(17)18-5-3-2-4-6-18)28-31-27(32-35-28)20-7-11-25-19(14-20)9-12-26(25)30-23-15-22(16-23)29(33)34/h2-8,10-11,13-14,22-23,26,30H,9,12,15-16H2,1H3,(H,33,34)/t22?,23?,26-/m0/s1. The van der Waals surface area contributed by atoms with Gasteiger partial charge in [0, 0.05) is 23.2 Å². The first-order valence-corrected chi connectivity index (χ1v) is 12.2.